The van der Waals surface area contributed by atoms with E-state index in [0.717, 1.165) is 5.06 Å². The van der Waals surface area contributed by atoms with E-state index in [1.165, 1.54) is 19.3 Å². The fourth-order valence-corrected chi connectivity index (χ4v) is 1.27. The van der Waals surface area contributed by atoms with E-state index in [0.29, 0.717) is 11.1 Å². The number of carbonyl (C=O) groups excluding carboxylic acids is 2. The molecular weight excluding hydrogens is 182 g/mol. The SMILES string of the molecule is C=C/C=C1/C(=O)N(OC)C(=O)/C1=C/C. The number of nitrogens with zero attached hydrogens (tertiary/aromatic N) is 1. The van der Waals surface area contributed by atoms with Crippen molar-refractivity contribution in [2.75, 3.05) is 7.11 Å². The minimum atomic E-state index is -0.453. The van der Waals surface area contributed by atoms with Crippen molar-refractivity contribution in [3.05, 3.63) is 36.0 Å². The van der Waals surface area contributed by atoms with Crippen molar-refractivity contribution in [1.29, 1.82) is 0 Å². The molecule has 4 heteroatoms. The van der Waals surface area contributed by atoms with Gasteiger partial charge in [-0.2, -0.15) is 0 Å². The molecule has 0 bridgehead atoms. The standard InChI is InChI=1S/C10H11NO3/c1-4-6-8-7(5-2)9(12)11(14-3)10(8)13/h4-6H,1H2,2-3H3/b7-5+,8-6+. The number of hydroxylamine groups is 2. The number of hydrogen-bond donors (Lipinski definition) is 0. The van der Waals surface area contributed by atoms with E-state index < -0.39 is 11.8 Å². The first-order valence-corrected chi connectivity index (χ1v) is 4.09. The largest absolute Gasteiger partial charge is 0.285 e. The van der Waals surface area contributed by atoms with Crippen LogP contribution in [0.25, 0.3) is 0 Å². The Labute approximate surface area is 82.1 Å². The van der Waals surface area contributed by atoms with Crippen LogP contribution in [0.15, 0.2) is 36.0 Å². The molecule has 1 fully saturated rings. The van der Waals surface area contributed by atoms with Gasteiger partial charge in [0.1, 0.15) is 0 Å². The van der Waals surface area contributed by atoms with Gasteiger partial charge in [-0.15, -0.1) is 5.06 Å². The fraction of sp³-hybridized carbons (Fsp3) is 0.200. The van der Waals surface area contributed by atoms with Gasteiger partial charge >= 0.3 is 0 Å². The number of rotatable bonds is 2. The molecule has 1 aliphatic rings. The highest BCUT2D eigenvalue weighted by atomic mass is 16.7. The molecular formula is C10H11NO3. The minimum absolute atomic E-state index is 0.314. The maximum Gasteiger partial charge on any atom is 0.285 e. The molecule has 1 aliphatic heterocycles. The van der Waals surface area contributed by atoms with Gasteiger partial charge < -0.3 is 0 Å². The Balaban J connectivity index is 3.22. The second-order valence-electron chi connectivity index (χ2n) is 2.61. The molecule has 14 heavy (non-hydrogen) atoms. The highest BCUT2D eigenvalue weighted by Gasteiger charge is 2.38. The van der Waals surface area contributed by atoms with Crippen LogP contribution in [-0.2, 0) is 14.4 Å². The molecule has 0 aromatic carbocycles. The molecule has 4 nitrogen and oxygen atoms in total. The maximum absolute atomic E-state index is 11.5. The average molecular weight is 193 g/mol. The molecule has 0 N–H and O–H groups in total. The maximum atomic E-state index is 11.5. The Morgan fingerprint density at radius 2 is 1.86 bits per heavy atom. The molecule has 0 aromatic rings. The van der Waals surface area contributed by atoms with Gasteiger partial charge in [0.2, 0.25) is 0 Å². The van der Waals surface area contributed by atoms with E-state index in [-0.39, 0.29) is 0 Å². The second-order valence-corrected chi connectivity index (χ2v) is 2.61. The molecule has 0 unspecified atom stereocenters. The van der Waals surface area contributed by atoms with E-state index in [9.17, 15) is 9.59 Å². The van der Waals surface area contributed by atoms with Crippen LogP contribution < -0.4 is 0 Å². The number of imide groups is 1. The third-order valence-electron chi connectivity index (χ3n) is 1.88. The van der Waals surface area contributed by atoms with Crippen LogP contribution in [0.2, 0.25) is 0 Å². The smallest absolute Gasteiger partial charge is 0.266 e. The average Bonchev–Trinajstić information content (AvgIpc) is 2.39. The van der Waals surface area contributed by atoms with Crippen LogP contribution in [-0.4, -0.2) is 24.0 Å². The Bertz CT molecular complexity index is 352. The highest BCUT2D eigenvalue weighted by Crippen LogP contribution is 2.24. The van der Waals surface area contributed by atoms with Crippen LogP contribution in [0, 0.1) is 0 Å². The lowest BCUT2D eigenvalue weighted by atomic mass is 10.1. The number of carbonyl (C=O) groups is 2. The van der Waals surface area contributed by atoms with Crippen LogP contribution in [0.3, 0.4) is 0 Å². The van der Waals surface area contributed by atoms with Gasteiger partial charge in [0.05, 0.1) is 18.3 Å². The molecule has 2 amide bonds. The van der Waals surface area contributed by atoms with E-state index in [1.54, 1.807) is 13.0 Å². The molecule has 74 valence electrons. The third kappa shape index (κ3) is 1.40. The van der Waals surface area contributed by atoms with Crippen molar-refractivity contribution >= 4 is 11.8 Å². The van der Waals surface area contributed by atoms with Gasteiger partial charge in [-0.1, -0.05) is 18.7 Å². The summed E-state index contributed by atoms with van der Waals surface area (Å²) in [5.74, 6) is -0.890. The summed E-state index contributed by atoms with van der Waals surface area (Å²) in [5.41, 5.74) is 0.658. The van der Waals surface area contributed by atoms with Crippen LogP contribution in [0.5, 0.6) is 0 Å². The summed E-state index contributed by atoms with van der Waals surface area (Å²) in [4.78, 5) is 27.7. The van der Waals surface area contributed by atoms with Gasteiger partial charge in [-0.05, 0) is 13.0 Å². The number of hydrogen-bond acceptors (Lipinski definition) is 3. The molecule has 0 saturated carbocycles. The first-order valence-electron chi connectivity index (χ1n) is 4.09. The fourth-order valence-electron chi connectivity index (χ4n) is 1.27. The van der Waals surface area contributed by atoms with Gasteiger partial charge in [-0.3, -0.25) is 14.4 Å². The van der Waals surface area contributed by atoms with E-state index in [1.807, 2.05) is 0 Å². The first kappa shape index (κ1) is 10.4. The molecule has 1 rings (SSSR count). The predicted octanol–water partition coefficient (Wildman–Crippen LogP) is 0.975. The van der Waals surface area contributed by atoms with E-state index >= 15 is 0 Å². The second kappa shape index (κ2) is 4.02. The topological polar surface area (TPSA) is 46.6 Å². The monoisotopic (exact) mass is 193 g/mol. The highest BCUT2D eigenvalue weighted by molar-refractivity contribution is 6.23. The number of amides is 2. The Kier molecular flexibility index (Phi) is 2.99. The third-order valence-corrected chi connectivity index (χ3v) is 1.88. The summed E-state index contributed by atoms with van der Waals surface area (Å²) < 4.78 is 0. The van der Waals surface area contributed by atoms with Crippen LogP contribution in [0.1, 0.15) is 6.92 Å². The lowest BCUT2D eigenvalue weighted by Crippen LogP contribution is -2.28. The minimum Gasteiger partial charge on any atom is -0.266 e. The normalized spacial score (nSPS) is 22.6. The van der Waals surface area contributed by atoms with E-state index in [4.69, 9.17) is 0 Å². The zero-order valence-corrected chi connectivity index (χ0v) is 8.11. The van der Waals surface area contributed by atoms with Crippen molar-refractivity contribution in [3.8, 4) is 0 Å². The zero-order valence-electron chi connectivity index (χ0n) is 8.11. The Morgan fingerprint density at radius 3 is 2.29 bits per heavy atom. The van der Waals surface area contributed by atoms with Crippen molar-refractivity contribution in [2.24, 2.45) is 0 Å². The molecule has 0 atom stereocenters. The quantitative estimate of drug-likeness (QED) is 0.485. The molecule has 0 aromatic heterocycles. The molecule has 0 aliphatic carbocycles. The predicted molar refractivity (Wildman–Crippen MR) is 50.9 cm³/mol. The zero-order chi connectivity index (χ0) is 10.7. The van der Waals surface area contributed by atoms with Crippen molar-refractivity contribution in [2.45, 2.75) is 6.92 Å². The Hall–Kier alpha value is -1.68. The van der Waals surface area contributed by atoms with E-state index in [2.05, 4.69) is 11.4 Å². The molecule has 1 heterocycles. The van der Waals surface area contributed by atoms with Crippen molar-refractivity contribution in [3.63, 3.8) is 0 Å². The summed E-state index contributed by atoms with van der Waals surface area (Å²) in [7, 11) is 1.28. The lowest BCUT2D eigenvalue weighted by molar-refractivity contribution is -0.177. The van der Waals surface area contributed by atoms with Crippen molar-refractivity contribution < 1.29 is 14.4 Å². The van der Waals surface area contributed by atoms with Gasteiger partial charge in [0.25, 0.3) is 11.8 Å². The first-order chi connectivity index (χ1) is 6.67. The lowest BCUT2D eigenvalue weighted by Gasteiger charge is -2.06. The summed E-state index contributed by atoms with van der Waals surface area (Å²) >= 11 is 0. The number of allylic oxidation sites excluding steroid dienone is 3. The van der Waals surface area contributed by atoms with Gasteiger partial charge in [-0.25, -0.2) is 0 Å². The molecule has 0 spiro atoms. The van der Waals surface area contributed by atoms with Crippen LogP contribution >= 0.6 is 0 Å². The summed E-state index contributed by atoms with van der Waals surface area (Å²) in [6, 6.07) is 0. The summed E-state index contributed by atoms with van der Waals surface area (Å²) in [6.07, 6.45) is 4.53. The molecule has 0 radical (unpaired) electrons. The van der Waals surface area contributed by atoms with Gasteiger partial charge in [0.15, 0.2) is 0 Å². The van der Waals surface area contributed by atoms with Crippen molar-refractivity contribution in [1.82, 2.24) is 5.06 Å². The summed E-state index contributed by atoms with van der Waals surface area (Å²) in [6.45, 7) is 5.17. The van der Waals surface area contributed by atoms with Crippen LogP contribution in [0.4, 0.5) is 0 Å². The summed E-state index contributed by atoms with van der Waals surface area (Å²) in [5, 5.41) is 0.727. The Morgan fingerprint density at radius 1 is 1.29 bits per heavy atom. The molecule has 1 saturated heterocycles. The van der Waals surface area contributed by atoms with Gasteiger partial charge in [0, 0.05) is 0 Å².